The van der Waals surface area contributed by atoms with Gasteiger partial charge in [-0.15, -0.1) is 0 Å². The maximum Gasteiger partial charge on any atom is 0.428 e. The fourth-order valence-electron chi connectivity index (χ4n) is 1.30. The zero-order valence-electron chi connectivity index (χ0n) is 8.40. The Bertz CT molecular complexity index is 457. The van der Waals surface area contributed by atoms with Crippen LogP contribution in [0, 0.1) is 10.1 Å². The molecule has 1 saturated carbocycles. The summed E-state index contributed by atoms with van der Waals surface area (Å²) in [5, 5.41) is 10.5. The van der Waals surface area contributed by atoms with Gasteiger partial charge in [-0.3, -0.25) is 0 Å². The molecule has 1 aromatic heterocycles. The largest absolute Gasteiger partial charge is 0.489 e. The molecule has 1 aromatic rings. The van der Waals surface area contributed by atoms with Crippen molar-refractivity contribution in [2.24, 2.45) is 0 Å². The molecule has 1 heterocycles. The van der Waals surface area contributed by atoms with Crippen molar-refractivity contribution < 1.29 is 22.8 Å². The standard InChI is InChI=1S/C9H7F3N2O3/c10-9(11,12)7-6(17-5-1-2-5)3-4-13-8(7)14(15)16/h3-5H,1-2H2. The van der Waals surface area contributed by atoms with Crippen molar-refractivity contribution in [3.63, 3.8) is 0 Å². The monoisotopic (exact) mass is 248 g/mol. The zero-order chi connectivity index (χ0) is 12.6. The van der Waals surface area contributed by atoms with Gasteiger partial charge in [-0.2, -0.15) is 13.2 Å². The van der Waals surface area contributed by atoms with Gasteiger partial charge in [0.2, 0.25) is 0 Å². The molecule has 2 rings (SSSR count). The van der Waals surface area contributed by atoms with Crippen LogP contribution in [0.3, 0.4) is 0 Å². The molecule has 0 amide bonds. The van der Waals surface area contributed by atoms with Crippen molar-refractivity contribution in [1.29, 1.82) is 0 Å². The fourth-order valence-corrected chi connectivity index (χ4v) is 1.30. The highest BCUT2D eigenvalue weighted by Gasteiger charge is 2.44. The molecule has 1 aliphatic rings. The lowest BCUT2D eigenvalue weighted by molar-refractivity contribution is -0.392. The maximum absolute atomic E-state index is 12.7. The number of pyridine rings is 1. The third-order valence-electron chi connectivity index (χ3n) is 2.17. The first-order valence-electron chi connectivity index (χ1n) is 4.77. The predicted octanol–water partition coefficient (Wildman–Crippen LogP) is 2.55. The molecule has 0 atom stereocenters. The molecule has 0 aliphatic heterocycles. The van der Waals surface area contributed by atoms with Crippen LogP contribution in [0.2, 0.25) is 0 Å². The first-order valence-corrected chi connectivity index (χ1v) is 4.77. The number of rotatable bonds is 3. The average molecular weight is 248 g/mol. The molecule has 0 radical (unpaired) electrons. The number of nitrogens with zero attached hydrogens (tertiary/aromatic N) is 2. The van der Waals surface area contributed by atoms with Gasteiger partial charge in [0.15, 0.2) is 5.56 Å². The van der Waals surface area contributed by atoms with E-state index in [1.807, 2.05) is 0 Å². The topological polar surface area (TPSA) is 65.3 Å². The SMILES string of the molecule is O=[N+]([O-])c1nccc(OC2CC2)c1C(F)(F)F. The van der Waals surface area contributed by atoms with Gasteiger partial charge in [-0.1, -0.05) is 0 Å². The number of nitro groups is 1. The van der Waals surface area contributed by atoms with E-state index in [2.05, 4.69) is 4.98 Å². The Balaban J connectivity index is 2.49. The molecule has 0 aromatic carbocycles. The second-order valence-corrected chi connectivity index (χ2v) is 3.58. The lowest BCUT2D eigenvalue weighted by atomic mass is 10.2. The van der Waals surface area contributed by atoms with Crippen molar-refractivity contribution in [3.8, 4) is 5.75 Å². The van der Waals surface area contributed by atoms with Gasteiger partial charge in [0.25, 0.3) is 0 Å². The Morgan fingerprint density at radius 2 is 2.12 bits per heavy atom. The van der Waals surface area contributed by atoms with Gasteiger partial charge in [-0.25, -0.2) is 0 Å². The lowest BCUT2D eigenvalue weighted by Gasteiger charge is -2.12. The first-order chi connectivity index (χ1) is 7.89. The molecule has 8 heteroatoms. The second kappa shape index (κ2) is 3.86. The Labute approximate surface area is 93.4 Å². The number of hydrogen-bond donors (Lipinski definition) is 0. The van der Waals surface area contributed by atoms with Crippen LogP contribution in [0.4, 0.5) is 19.0 Å². The van der Waals surface area contributed by atoms with E-state index in [4.69, 9.17) is 4.74 Å². The smallest absolute Gasteiger partial charge is 0.428 e. The molecule has 92 valence electrons. The Kier molecular flexibility index (Phi) is 2.64. The molecule has 1 fully saturated rings. The van der Waals surface area contributed by atoms with Crippen molar-refractivity contribution in [3.05, 3.63) is 27.9 Å². The van der Waals surface area contributed by atoms with Crippen LogP contribution in [0.1, 0.15) is 18.4 Å². The number of alkyl halides is 3. The molecular weight excluding hydrogens is 241 g/mol. The Hall–Kier alpha value is -1.86. The molecule has 0 spiro atoms. The van der Waals surface area contributed by atoms with Crippen LogP contribution in [0.25, 0.3) is 0 Å². The predicted molar refractivity (Wildman–Crippen MR) is 49.5 cm³/mol. The van der Waals surface area contributed by atoms with Crippen LogP contribution in [-0.4, -0.2) is 16.0 Å². The third-order valence-corrected chi connectivity index (χ3v) is 2.17. The summed E-state index contributed by atoms with van der Waals surface area (Å²) in [6, 6.07) is 0.994. The highest BCUT2D eigenvalue weighted by Crippen LogP contribution is 2.42. The minimum Gasteiger partial charge on any atom is -0.489 e. The van der Waals surface area contributed by atoms with E-state index in [0.29, 0.717) is 12.8 Å². The molecule has 0 unspecified atom stereocenters. The highest BCUT2D eigenvalue weighted by atomic mass is 19.4. The molecule has 0 N–H and O–H groups in total. The summed E-state index contributed by atoms with van der Waals surface area (Å²) in [6.07, 6.45) is -2.88. The van der Waals surface area contributed by atoms with Crippen LogP contribution >= 0.6 is 0 Å². The van der Waals surface area contributed by atoms with Crippen molar-refractivity contribution in [1.82, 2.24) is 4.98 Å². The van der Waals surface area contributed by atoms with Gasteiger partial charge in [0.1, 0.15) is 11.9 Å². The maximum atomic E-state index is 12.7. The quantitative estimate of drug-likeness (QED) is 0.609. The molecular formula is C9H7F3N2O3. The Morgan fingerprint density at radius 1 is 1.47 bits per heavy atom. The van der Waals surface area contributed by atoms with Gasteiger partial charge in [0, 0.05) is 6.07 Å². The minimum absolute atomic E-state index is 0.280. The Morgan fingerprint density at radius 3 is 2.59 bits per heavy atom. The normalized spacial score (nSPS) is 15.7. The van der Waals surface area contributed by atoms with Gasteiger partial charge < -0.3 is 14.9 Å². The van der Waals surface area contributed by atoms with Crippen LogP contribution in [-0.2, 0) is 6.18 Å². The number of hydrogen-bond acceptors (Lipinski definition) is 4. The van der Waals surface area contributed by atoms with E-state index < -0.39 is 28.2 Å². The molecule has 5 nitrogen and oxygen atoms in total. The second-order valence-electron chi connectivity index (χ2n) is 3.58. The van der Waals surface area contributed by atoms with Gasteiger partial charge in [-0.05, 0) is 22.7 Å². The molecule has 1 aliphatic carbocycles. The third kappa shape index (κ3) is 2.45. The van der Waals surface area contributed by atoms with Crippen molar-refractivity contribution >= 4 is 5.82 Å². The van der Waals surface area contributed by atoms with Crippen molar-refractivity contribution in [2.75, 3.05) is 0 Å². The summed E-state index contributed by atoms with van der Waals surface area (Å²) in [6.45, 7) is 0. The molecule has 17 heavy (non-hydrogen) atoms. The summed E-state index contributed by atoms with van der Waals surface area (Å²) < 4.78 is 43.2. The number of ether oxygens (including phenoxy) is 1. The molecule has 0 bridgehead atoms. The summed E-state index contributed by atoms with van der Waals surface area (Å²) in [4.78, 5) is 12.5. The van der Waals surface area contributed by atoms with E-state index in [-0.39, 0.29) is 6.10 Å². The van der Waals surface area contributed by atoms with Crippen LogP contribution < -0.4 is 4.74 Å². The van der Waals surface area contributed by atoms with Gasteiger partial charge in [0.05, 0.1) is 6.10 Å². The van der Waals surface area contributed by atoms with E-state index in [1.54, 1.807) is 0 Å². The first kappa shape index (κ1) is 11.6. The summed E-state index contributed by atoms with van der Waals surface area (Å²) >= 11 is 0. The fraction of sp³-hybridized carbons (Fsp3) is 0.444. The zero-order valence-corrected chi connectivity index (χ0v) is 8.40. The number of halogens is 3. The minimum atomic E-state index is -4.86. The van der Waals surface area contributed by atoms with Crippen LogP contribution in [0.15, 0.2) is 12.3 Å². The summed E-state index contributed by atoms with van der Waals surface area (Å²) in [5.74, 6) is -1.75. The summed E-state index contributed by atoms with van der Waals surface area (Å²) in [5.41, 5.74) is -1.42. The van der Waals surface area contributed by atoms with E-state index in [1.165, 1.54) is 0 Å². The van der Waals surface area contributed by atoms with E-state index in [0.717, 1.165) is 12.3 Å². The average Bonchev–Trinajstić information content (AvgIpc) is 2.99. The van der Waals surface area contributed by atoms with Crippen LogP contribution in [0.5, 0.6) is 5.75 Å². The summed E-state index contributed by atoms with van der Waals surface area (Å²) in [7, 11) is 0. The molecule has 0 saturated heterocycles. The van der Waals surface area contributed by atoms with E-state index >= 15 is 0 Å². The lowest BCUT2D eigenvalue weighted by Crippen LogP contribution is -2.13. The highest BCUT2D eigenvalue weighted by molar-refractivity contribution is 5.46. The number of aromatic nitrogens is 1. The van der Waals surface area contributed by atoms with Crippen molar-refractivity contribution in [2.45, 2.75) is 25.1 Å². The van der Waals surface area contributed by atoms with Gasteiger partial charge >= 0.3 is 12.0 Å². The van der Waals surface area contributed by atoms with E-state index in [9.17, 15) is 23.3 Å².